The van der Waals surface area contributed by atoms with Crippen molar-refractivity contribution in [1.29, 1.82) is 0 Å². The Balaban J connectivity index is 2.04. The van der Waals surface area contributed by atoms with Gasteiger partial charge in [0.15, 0.2) is 0 Å². The molecule has 5 heteroatoms. The molecule has 0 spiro atoms. The molecule has 1 aliphatic carbocycles. The highest BCUT2D eigenvalue weighted by Crippen LogP contribution is 2.35. The topological polar surface area (TPSA) is 60.9 Å². The van der Waals surface area contributed by atoms with Crippen LogP contribution in [0.15, 0.2) is 0 Å². The Kier molecular flexibility index (Phi) is 4.45. The van der Waals surface area contributed by atoms with Crippen LogP contribution >= 0.6 is 0 Å². The van der Waals surface area contributed by atoms with E-state index >= 15 is 0 Å². The van der Waals surface area contributed by atoms with E-state index in [1.54, 1.807) is 0 Å². The SMILES string of the molecule is CN(C)CC1CCCN1C(=O)[C@@H]1CCC[C@@H]1C(=O)O. The van der Waals surface area contributed by atoms with Crippen molar-refractivity contribution in [3.05, 3.63) is 0 Å². The first-order valence-electron chi connectivity index (χ1n) is 7.18. The average molecular weight is 268 g/mol. The lowest BCUT2D eigenvalue weighted by molar-refractivity contribution is -0.149. The summed E-state index contributed by atoms with van der Waals surface area (Å²) in [5.41, 5.74) is 0. The van der Waals surface area contributed by atoms with E-state index in [0.717, 1.165) is 38.8 Å². The summed E-state index contributed by atoms with van der Waals surface area (Å²) in [6, 6.07) is 0.262. The zero-order valence-electron chi connectivity index (χ0n) is 11.8. The van der Waals surface area contributed by atoms with Crippen molar-refractivity contribution in [3.8, 4) is 0 Å². The molecule has 108 valence electrons. The Morgan fingerprint density at radius 3 is 2.47 bits per heavy atom. The highest BCUT2D eigenvalue weighted by molar-refractivity contribution is 5.85. The van der Waals surface area contributed by atoms with Gasteiger partial charge in [0.2, 0.25) is 5.91 Å². The fourth-order valence-electron chi connectivity index (χ4n) is 3.50. The molecule has 2 rings (SSSR count). The maximum atomic E-state index is 12.6. The summed E-state index contributed by atoms with van der Waals surface area (Å²) in [5, 5.41) is 9.21. The maximum absolute atomic E-state index is 12.6. The van der Waals surface area contributed by atoms with Gasteiger partial charge >= 0.3 is 5.97 Å². The lowest BCUT2D eigenvalue weighted by atomic mass is 9.94. The summed E-state index contributed by atoms with van der Waals surface area (Å²) in [5.74, 6) is -1.48. The van der Waals surface area contributed by atoms with E-state index in [-0.39, 0.29) is 17.9 Å². The maximum Gasteiger partial charge on any atom is 0.307 e. The minimum absolute atomic E-state index is 0.0780. The van der Waals surface area contributed by atoms with Gasteiger partial charge in [-0.3, -0.25) is 9.59 Å². The van der Waals surface area contributed by atoms with Crippen LogP contribution in [0.2, 0.25) is 0 Å². The lowest BCUT2D eigenvalue weighted by Crippen LogP contribution is -2.45. The molecule has 0 bridgehead atoms. The smallest absolute Gasteiger partial charge is 0.307 e. The van der Waals surface area contributed by atoms with Crippen LogP contribution in [0, 0.1) is 11.8 Å². The van der Waals surface area contributed by atoms with Crippen molar-refractivity contribution in [2.75, 3.05) is 27.2 Å². The van der Waals surface area contributed by atoms with E-state index < -0.39 is 11.9 Å². The molecule has 2 aliphatic rings. The Hall–Kier alpha value is -1.10. The third kappa shape index (κ3) is 3.08. The van der Waals surface area contributed by atoms with Crippen LogP contribution in [-0.4, -0.2) is 60.0 Å². The van der Waals surface area contributed by atoms with Crippen molar-refractivity contribution in [3.63, 3.8) is 0 Å². The van der Waals surface area contributed by atoms with Crippen LogP contribution in [0.25, 0.3) is 0 Å². The van der Waals surface area contributed by atoms with Crippen LogP contribution in [0.3, 0.4) is 0 Å². The first-order valence-corrected chi connectivity index (χ1v) is 7.18. The summed E-state index contributed by atoms with van der Waals surface area (Å²) < 4.78 is 0. The van der Waals surface area contributed by atoms with Crippen LogP contribution in [-0.2, 0) is 9.59 Å². The summed E-state index contributed by atoms with van der Waals surface area (Å²) in [6.07, 6.45) is 4.32. The third-order valence-corrected chi connectivity index (χ3v) is 4.39. The van der Waals surface area contributed by atoms with Crippen molar-refractivity contribution in [2.24, 2.45) is 11.8 Å². The first kappa shape index (κ1) is 14.3. The number of hydrogen-bond acceptors (Lipinski definition) is 3. The third-order valence-electron chi connectivity index (χ3n) is 4.39. The molecule has 0 radical (unpaired) electrons. The van der Waals surface area contributed by atoms with Crippen LogP contribution < -0.4 is 0 Å². The number of aliphatic carboxylic acids is 1. The van der Waals surface area contributed by atoms with Gasteiger partial charge in [-0.15, -0.1) is 0 Å². The Bertz CT molecular complexity index is 357. The lowest BCUT2D eigenvalue weighted by Gasteiger charge is -2.30. The van der Waals surface area contributed by atoms with Gasteiger partial charge in [0.05, 0.1) is 11.8 Å². The van der Waals surface area contributed by atoms with Crippen LogP contribution in [0.4, 0.5) is 0 Å². The summed E-state index contributed by atoms with van der Waals surface area (Å²) >= 11 is 0. The number of hydrogen-bond donors (Lipinski definition) is 1. The zero-order chi connectivity index (χ0) is 14.0. The summed E-state index contributed by atoms with van der Waals surface area (Å²) in [7, 11) is 4.02. The van der Waals surface area contributed by atoms with Gasteiger partial charge in [0.1, 0.15) is 0 Å². The molecule has 0 aromatic carbocycles. The molecule has 3 atom stereocenters. The molecule has 5 nitrogen and oxygen atoms in total. The molecule has 2 fully saturated rings. The van der Waals surface area contributed by atoms with Gasteiger partial charge < -0.3 is 14.9 Å². The normalized spacial score (nSPS) is 31.1. The number of amides is 1. The van der Waals surface area contributed by atoms with Crippen molar-refractivity contribution < 1.29 is 14.7 Å². The Morgan fingerprint density at radius 1 is 1.16 bits per heavy atom. The molecule has 19 heavy (non-hydrogen) atoms. The quantitative estimate of drug-likeness (QED) is 0.827. The molecule has 1 aliphatic heterocycles. The largest absolute Gasteiger partial charge is 0.481 e. The van der Waals surface area contributed by atoms with Gasteiger partial charge in [-0.2, -0.15) is 0 Å². The predicted octanol–water partition coefficient (Wildman–Crippen LogP) is 1.04. The van der Waals surface area contributed by atoms with Crippen molar-refractivity contribution in [1.82, 2.24) is 9.80 Å². The highest BCUT2D eigenvalue weighted by atomic mass is 16.4. The highest BCUT2D eigenvalue weighted by Gasteiger charge is 2.42. The second-order valence-electron chi connectivity index (χ2n) is 6.07. The fourth-order valence-corrected chi connectivity index (χ4v) is 3.50. The van der Waals surface area contributed by atoms with E-state index in [4.69, 9.17) is 0 Å². The molecule has 0 aromatic heterocycles. The minimum Gasteiger partial charge on any atom is -0.481 e. The van der Waals surface area contributed by atoms with Crippen LogP contribution in [0.5, 0.6) is 0 Å². The summed E-state index contributed by atoms with van der Waals surface area (Å²) in [4.78, 5) is 27.8. The van der Waals surface area contributed by atoms with Gasteiger partial charge in [0, 0.05) is 19.1 Å². The van der Waals surface area contributed by atoms with E-state index in [1.165, 1.54) is 0 Å². The molecule has 1 heterocycles. The monoisotopic (exact) mass is 268 g/mol. The number of carbonyl (C=O) groups excluding carboxylic acids is 1. The number of carboxylic acid groups (broad SMARTS) is 1. The molecule has 1 N–H and O–H groups in total. The molecule has 1 saturated carbocycles. The van der Waals surface area contributed by atoms with Gasteiger partial charge in [-0.1, -0.05) is 6.42 Å². The summed E-state index contributed by atoms with van der Waals surface area (Å²) in [6.45, 7) is 1.66. The van der Waals surface area contributed by atoms with E-state index in [2.05, 4.69) is 4.90 Å². The van der Waals surface area contributed by atoms with Gasteiger partial charge in [0.25, 0.3) is 0 Å². The Morgan fingerprint density at radius 2 is 1.84 bits per heavy atom. The number of rotatable bonds is 4. The fraction of sp³-hybridized carbons (Fsp3) is 0.857. The second-order valence-corrected chi connectivity index (χ2v) is 6.07. The molecule has 1 amide bonds. The van der Waals surface area contributed by atoms with Crippen molar-refractivity contribution in [2.45, 2.75) is 38.1 Å². The van der Waals surface area contributed by atoms with Crippen molar-refractivity contribution >= 4 is 11.9 Å². The standard InChI is InChI=1S/C14H24N2O3/c1-15(2)9-10-5-4-8-16(10)13(17)11-6-3-7-12(11)14(18)19/h10-12H,3-9H2,1-2H3,(H,18,19)/t10?,11-,12+/m1/s1. The molecule has 0 aromatic rings. The van der Waals surface area contributed by atoms with Gasteiger partial charge in [-0.25, -0.2) is 0 Å². The second kappa shape index (κ2) is 5.90. The van der Waals surface area contributed by atoms with Gasteiger partial charge in [-0.05, 0) is 39.8 Å². The Labute approximate surface area is 114 Å². The molecule has 1 unspecified atom stereocenters. The predicted molar refractivity (Wildman–Crippen MR) is 71.8 cm³/mol. The number of carboxylic acids is 1. The number of likely N-dealkylation sites (N-methyl/N-ethyl adjacent to an activating group) is 1. The molecular formula is C14H24N2O3. The van der Waals surface area contributed by atoms with Crippen LogP contribution in [0.1, 0.15) is 32.1 Å². The minimum atomic E-state index is -0.806. The number of likely N-dealkylation sites (tertiary alicyclic amines) is 1. The molecule has 1 saturated heterocycles. The molecular weight excluding hydrogens is 244 g/mol. The van der Waals surface area contributed by atoms with E-state index in [1.807, 2.05) is 19.0 Å². The number of carbonyl (C=O) groups is 2. The zero-order valence-corrected chi connectivity index (χ0v) is 11.8. The van der Waals surface area contributed by atoms with E-state index in [9.17, 15) is 14.7 Å². The first-order chi connectivity index (χ1) is 9.00. The average Bonchev–Trinajstić information content (AvgIpc) is 2.94. The van der Waals surface area contributed by atoms with E-state index in [0.29, 0.717) is 6.42 Å². The number of nitrogens with zero attached hydrogens (tertiary/aromatic N) is 2.